The van der Waals surface area contributed by atoms with Gasteiger partial charge in [0, 0.05) is 12.5 Å². The van der Waals surface area contributed by atoms with Gasteiger partial charge in [-0.15, -0.1) is 0 Å². The first kappa shape index (κ1) is 17.4. The normalized spacial score (nSPS) is 22.2. The van der Waals surface area contributed by atoms with E-state index >= 15 is 0 Å². The first-order chi connectivity index (χ1) is 7.93. The Hall–Kier alpha value is -0.570. The van der Waals surface area contributed by atoms with Crippen LogP contribution in [0.2, 0.25) is 0 Å². The lowest BCUT2D eigenvalue weighted by Crippen LogP contribution is -2.40. The molecule has 0 atom stereocenters. The van der Waals surface area contributed by atoms with Crippen molar-refractivity contribution in [2.75, 3.05) is 0 Å². The Labute approximate surface area is 112 Å². The third-order valence-corrected chi connectivity index (χ3v) is 3.17. The number of nitrogens with two attached hydrogens (primary N) is 1. The number of aliphatic carboxylic acids is 1. The van der Waals surface area contributed by atoms with Crippen LogP contribution >= 0.6 is 0 Å². The van der Waals surface area contributed by atoms with Gasteiger partial charge in [-0.2, -0.15) is 0 Å². The van der Waals surface area contributed by atoms with Crippen molar-refractivity contribution in [1.82, 2.24) is 0 Å². The molecule has 0 amide bonds. The third kappa shape index (κ3) is 8.51. The van der Waals surface area contributed by atoms with Crippen LogP contribution in [0.1, 0.15) is 67.2 Å². The molecule has 3 nitrogen and oxygen atoms in total. The van der Waals surface area contributed by atoms with Gasteiger partial charge in [0.15, 0.2) is 0 Å². The van der Waals surface area contributed by atoms with E-state index in [1.54, 1.807) is 0 Å². The van der Waals surface area contributed by atoms with E-state index in [9.17, 15) is 4.79 Å². The van der Waals surface area contributed by atoms with Crippen LogP contribution in [-0.4, -0.2) is 17.1 Å². The van der Waals surface area contributed by atoms with E-state index in [1.165, 1.54) is 19.3 Å². The molecule has 3 N–H and O–H groups in total. The van der Waals surface area contributed by atoms with Crippen molar-refractivity contribution in [3.63, 3.8) is 0 Å². The first-order valence-corrected chi connectivity index (χ1v) is 6.91. The average Bonchev–Trinajstić information content (AvgIpc) is 1.92. The van der Waals surface area contributed by atoms with E-state index in [0.29, 0.717) is 16.9 Å². The number of carboxylic acids is 1. The van der Waals surface area contributed by atoms with Crippen molar-refractivity contribution in [2.45, 2.75) is 73.3 Å². The summed E-state index contributed by atoms with van der Waals surface area (Å²) in [5.74, 6) is -0.438. The van der Waals surface area contributed by atoms with Crippen LogP contribution in [0.5, 0.6) is 0 Å². The van der Waals surface area contributed by atoms with Crippen LogP contribution in [0.25, 0.3) is 0 Å². The van der Waals surface area contributed by atoms with Crippen molar-refractivity contribution in [2.24, 2.45) is 22.5 Å². The molecule has 1 saturated carbocycles. The number of carbonyl (C=O) groups is 1. The van der Waals surface area contributed by atoms with Gasteiger partial charge in [-0.25, -0.2) is 0 Å². The van der Waals surface area contributed by atoms with E-state index in [2.05, 4.69) is 27.7 Å². The Balaban J connectivity index is 0.000000360. The SMILES string of the molecule is CC(C)CC(=O)O.CC1(C)CC(N)CC(C)(C)C1. The summed E-state index contributed by atoms with van der Waals surface area (Å²) in [5.41, 5.74) is 6.90. The summed E-state index contributed by atoms with van der Waals surface area (Å²) < 4.78 is 0. The van der Waals surface area contributed by atoms with Crippen molar-refractivity contribution in [1.29, 1.82) is 0 Å². The quantitative estimate of drug-likeness (QED) is 0.793. The second-order valence-corrected chi connectivity index (χ2v) is 7.67. The fourth-order valence-electron chi connectivity index (χ4n) is 3.28. The number of hydrogen-bond acceptors (Lipinski definition) is 2. The predicted octanol–water partition coefficient (Wildman–Crippen LogP) is 3.67. The summed E-state index contributed by atoms with van der Waals surface area (Å²) in [6.45, 7) is 13.1. The predicted molar refractivity (Wildman–Crippen MR) is 76.5 cm³/mol. The Bertz CT molecular complexity index is 254. The first-order valence-electron chi connectivity index (χ1n) is 6.91. The molecule has 0 bridgehead atoms. The summed E-state index contributed by atoms with van der Waals surface area (Å²) in [7, 11) is 0. The van der Waals surface area contributed by atoms with E-state index in [1.807, 2.05) is 13.8 Å². The standard InChI is InChI=1S/C10H21N.C5H10O2/c1-9(2)5-8(11)6-10(3,4)7-9;1-4(2)3-5(6)7/h8H,5-7,11H2,1-4H3;4H,3H2,1-2H3,(H,6,7). The Kier molecular flexibility index (Phi) is 6.35. The molecule has 0 aromatic heterocycles. The molecule has 0 aromatic rings. The maximum Gasteiger partial charge on any atom is 0.303 e. The zero-order chi connectivity index (χ0) is 14.6. The molecule has 0 spiro atoms. The molecular formula is C15H31NO2. The molecule has 1 aliphatic rings. The average molecular weight is 257 g/mol. The molecule has 0 radical (unpaired) electrons. The van der Waals surface area contributed by atoms with Crippen LogP contribution in [0.4, 0.5) is 0 Å². The monoisotopic (exact) mass is 257 g/mol. The number of hydrogen-bond donors (Lipinski definition) is 2. The van der Waals surface area contributed by atoms with Gasteiger partial charge in [0.25, 0.3) is 0 Å². The van der Waals surface area contributed by atoms with Gasteiger partial charge in [0.2, 0.25) is 0 Å². The molecule has 108 valence electrons. The van der Waals surface area contributed by atoms with Crippen LogP contribution in [0.15, 0.2) is 0 Å². The maximum absolute atomic E-state index is 9.81. The lowest BCUT2D eigenvalue weighted by molar-refractivity contribution is -0.137. The number of rotatable bonds is 2. The van der Waals surface area contributed by atoms with Crippen molar-refractivity contribution in [3.8, 4) is 0 Å². The fourth-order valence-corrected chi connectivity index (χ4v) is 3.28. The zero-order valence-corrected chi connectivity index (χ0v) is 12.9. The van der Waals surface area contributed by atoms with E-state index in [-0.39, 0.29) is 12.3 Å². The summed E-state index contributed by atoms with van der Waals surface area (Å²) >= 11 is 0. The van der Waals surface area contributed by atoms with Gasteiger partial charge < -0.3 is 10.8 Å². The zero-order valence-electron chi connectivity index (χ0n) is 12.9. The van der Waals surface area contributed by atoms with Gasteiger partial charge in [-0.3, -0.25) is 4.79 Å². The van der Waals surface area contributed by atoms with Gasteiger partial charge in [-0.05, 0) is 36.0 Å². The molecule has 1 fully saturated rings. The summed E-state index contributed by atoms with van der Waals surface area (Å²) in [4.78, 5) is 9.81. The van der Waals surface area contributed by atoms with Crippen LogP contribution in [-0.2, 0) is 4.79 Å². The molecule has 0 saturated heterocycles. The lowest BCUT2D eigenvalue weighted by atomic mass is 9.64. The minimum atomic E-state index is -0.713. The largest absolute Gasteiger partial charge is 0.481 e. The Morgan fingerprint density at radius 2 is 1.61 bits per heavy atom. The topological polar surface area (TPSA) is 63.3 Å². The van der Waals surface area contributed by atoms with Gasteiger partial charge >= 0.3 is 5.97 Å². The molecule has 0 aromatic carbocycles. The second-order valence-electron chi connectivity index (χ2n) is 7.67. The van der Waals surface area contributed by atoms with Crippen molar-refractivity contribution in [3.05, 3.63) is 0 Å². The van der Waals surface area contributed by atoms with Crippen molar-refractivity contribution < 1.29 is 9.90 Å². The maximum atomic E-state index is 9.81. The Morgan fingerprint density at radius 3 is 1.78 bits per heavy atom. The van der Waals surface area contributed by atoms with Crippen LogP contribution in [0, 0.1) is 16.7 Å². The minimum absolute atomic E-state index is 0.275. The molecule has 0 unspecified atom stereocenters. The molecule has 0 aliphatic heterocycles. The second kappa shape index (κ2) is 6.55. The third-order valence-electron chi connectivity index (χ3n) is 3.17. The highest BCUT2D eigenvalue weighted by Crippen LogP contribution is 2.44. The molecule has 18 heavy (non-hydrogen) atoms. The van der Waals surface area contributed by atoms with Crippen LogP contribution < -0.4 is 5.73 Å². The molecule has 3 heteroatoms. The molecular weight excluding hydrogens is 226 g/mol. The van der Waals surface area contributed by atoms with E-state index in [4.69, 9.17) is 10.8 Å². The van der Waals surface area contributed by atoms with E-state index < -0.39 is 5.97 Å². The highest BCUT2D eigenvalue weighted by Gasteiger charge is 2.36. The molecule has 1 rings (SSSR count). The summed E-state index contributed by atoms with van der Waals surface area (Å²) in [6, 6.07) is 0.425. The van der Waals surface area contributed by atoms with Crippen LogP contribution in [0.3, 0.4) is 0 Å². The molecule has 0 heterocycles. The van der Waals surface area contributed by atoms with Gasteiger partial charge in [0.1, 0.15) is 0 Å². The summed E-state index contributed by atoms with van der Waals surface area (Å²) in [5, 5.41) is 8.08. The minimum Gasteiger partial charge on any atom is -0.481 e. The smallest absolute Gasteiger partial charge is 0.303 e. The summed E-state index contributed by atoms with van der Waals surface area (Å²) in [6.07, 6.45) is 3.97. The van der Waals surface area contributed by atoms with Gasteiger partial charge in [-0.1, -0.05) is 41.5 Å². The highest BCUT2D eigenvalue weighted by molar-refractivity contribution is 5.66. The van der Waals surface area contributed by atoms with E-state index in [0.717, 1.165) is 0 Å². The molecule has 1 aliphatic carbocycles. The number of carboxylic acid groups (broad SMARTS) is 1. The fraction of sp³-hybridized carbons (Fsp3) is 0.933. The van der Waals surface area contributed by atoms with Crippen molar-refractivity contribution >= 4 is 5.97 Å². The van der Waals surface area contributed by atoms with Gasteiger partial charge in [0.05, 0.1) is 0 Å². The highest BCUT2D eigenvalue weighted by atomic mass is 16.4. The Morgan fingerprint density at radius 1 is 1.22 bits per heavy atom. The lowest BCUT2D eigenvalue weighted by Gasteiger charge is -2.43.